The number of aryl methyl sites for hydroxylation is 1. The maximum atomic E-state index is 12.5. The molecule has 178 valence electrons. The van der Waals surface area contributed by atoms with Crippen molar-refractivity contribution in [2.24, 2.45) is 4.99 Å². The monoisotopic (exact) mass is 552 g/mol. The van der Waals surface area contributed by atoms with Crippen molar-refractivity contribution in [1.29, 1.82) is 0 Å². The lowest BCUT2D eigenvalue weighted by Crippen LogP contribution is -2.19. The average molecular weight is 553 g/mol. The molecule has 35 heavy (non-hydrogen) atoms. The van der Waals surface area contributed by atoms with Crippen LogP contribution in [0.3, 0.4) is 0 Å². The molecule has 0 bridgehead atoms. The summed E-state index contributed by atoms with van der Waals surface area (Å²) in [5, 5.41) is 12.5. The van der Waals surface area contributed by atoms with Gasteiger partial charge in [-0.2, -0.15) is 0 Å². The Hall–Kier alpha value is -3.56. The normalized spacial score (nSPS) is 15.3. The highest BCUT2D eigenvalue weighted by Crippen LogP contribution is 2.39. The second-order valence-electron chi connectivity index (χ2n) is 7.65. The van der Waals surface area contributed by atoms with Crippen molar-refractivity contribution >= 4 is 56.5 Å². The van der Waals surface area contributed by atoms with E-state index in [0.717, 1.165) is 16.8 Å². The van der Waals surface area contributed by atoms with Crippen LogP contribution in [0, 0.1) is 6.92 Å². The lowest BCUT2D eigenvalue weighted by Gasteiger charge is -2.14. The zero-order valence-electron chi connectivity index (χ0n) is 18.9. The molecule has 1 fully saturated rings. The van der Waals surface area contributed by atoms with Crippen LogP contribution in [0.1, 0.15) is 27.0 Å². The number of hydrogen-bond donors (Lipinski definition) is 2. The highest BCUT2D eigenvalue weighted by molar-refractivity contribution is 9.10. The molecule has 7 nitrogen and oxygen atoms in total. The molecule has 9 heteroatoms. The molecule has 1 saturated heterocycles. The van der Waals surface area contributed by atoms with Crippen LogP contribution in [0.25, 0.3) is 6.08 Å². The minimum absolute atomic E-state index is 0.160. The second kappa shape index (κ2) is 10.8. The third-order valence-electron chi connectivity index (χ3n) is 5.02. The molecule has 3 aromatic carbocycles. The molecular weight excluding hydrogens is 532 g/mol. The van der Waals surface area contributed by atoms with Gasteiger partial charge in [-0.05, 0) is 88.2 Å². The summed E-state index contributed by atoms with van der Waals surface area (Å²) in [5.74, 6) is -0.281. The maximum Gasteiger partial charge on any atom is 0.335 e. The van der Waals surface area contributed by atoms with Gasteiger partial charge in [0.1, 0.15) is 6.61 Å². The number of nitrogens with zero attached hydrogens (tertiary/aromatic N) is 1. The molecule has 4 rings (SSSR count). The van der Waals surface area contributed by atoms with Crippen LogP contribution in [0.5, 0.6) is 11.5 Å². The van der Waals surface area contributed by atoms with E-state index >= 15 is 0 Å². The summed E-state index contributed by atoms with van der Waals surface area (Å²) in [6.45, 7) is 2.16. The molecule has 0 atom stereocenters. The Kier molecular flexibility index (Phi) is 7.57. The molecular formula is C26H21BrN2O5S. The average Bonchev–Trinajstić information content (AvgIpc) is 3.17. The molecule has 0 radical (unpaired) electrons. The van der Waals surface area contributed by atoms with Crippen molar-refractivity contribution in [3.05, 3.63) is 92.3 Å². The molecule has 3 aromatic rings. The predicted octanol–water partition coefficient (Wildman–Crippen LogP) is 5.93. The Morgan fingerprint density at radius 1 is 1.17 bits per heavy atom. The number of thioether (sulfide) groups is 1. The van der Waals surface area contributed by atoms with Gasteiger partial charge in [-0.25, -0.2) is 9.79 Å². The quantitative estimate of drug-likeness (QED) is 0.352. The molecule has 0 aliphatic carbocycles. The third kappa shape index (κ3) is 6.12. The van der Waals surface area contributed by atoms with E-state index in [0.29, 0.717) is 31.6 Å². The highest BCUT2D eigenvalue weighted by Gasteiger charge is 2.24. The van der Waals surface area contributed by atoms with Gasteiger partial charge in [-0.15, -0.1) is 0 Å². The number of carboxylic acids is 1. The van der Waals surface area contributed by atoms with E-state index in [1.165, 1.54) is 24.9 Å². The zero-order valence-corrected chi connectivity index (χ0v) is 21.3. The lowest BCUT2D eigenvalue weighted by atomic mass is 10.1. The topological polar surface area (TPSA) is 97.2 Å². The molecule has 1 amide bonds. The maximum absolute atomic E-state index is 12.5. The number of methoxy groups -OCH3 is 1. The number of amides is 1. The number of amidine groups is 1. The van der Waals surface area contributed by atoms with Crippen LogP contribution in [0.15, 0.2) is 75.0 Å². The van der Waals surface area contributed by atoms with Crippen LogP contribution >= 0.6 is 27.7 Å². The summed E-state index contributed by atoms with van der Waals surface area (Å²) in [6.07, 6.45) is 1.76. The third-order valence-corrected chi connectivity index (χ3v) is 6.52. The van der Waals surface area contributed by atoms with Gasteiger partial charge in [0.25, 0.3) is 5.91 Å². The predicted molar refractivity (Wildman–Crippen MR) is 140 cm³/mol. The summed E-state index contributed by atoms with van der Waals surface area (Å²) >= 11 is 4.78. The van der Waals surface area contributed by atoms with E-state index in [2.05, 4.69) is 26.2 Å². The summed E-state index contributed by atoms with van der Waals surface area (Å²) < 4.78 is 12.1. The van der Waals surface area contributed by atoms with Crippen LogP contribution < -0.4 is 14.8 Å². The van der Waals surface area contributed by atoms with Crippen LogP contribution in [-0.4, -0.2) is 29.3 Å². The van der Waals surface area contributed by atoms with E-state index in [1.54, 1.807) is 30.3 Å². The highest BCUT2D eigenvalue weighted by atomic mass is 79.9. The largest absolute Gasteiger partial charge is 0.493 e. The second-order valence-corrected chi connectivity index (χ2v) is 9.53. The van der Waals surface area contributed by atoms with E-state index in [4.69, 9.17) is 9.47 Å². The minimum Gasteiger partial charge on any atom is -0.493 e. The van der Waals surface area contributed by atoms with Gasteiger partial charge < -0.3 is 19.9 Å². The number of aliphatic imine (C=N–C) groups is 1. The smallest absolute Gasteiger partial charge is 0.335 e. The van der Waals surface area contributed by atoms with Crippen molar-refractivity contribution in [3.63, 3.8) is 0 Å². The van der Waals surface area contributed by atoms with Crippen LogP contribution in [0.2, 0.25) is 0 Å². The molecule has 0 unspecified atom stereocenters. The molecule has 0 spiro atoms. The van der Waals surface area contributed by atoms with E-state index in [1.807, 2.05) is 37.3 Å². The SMILES string of the molecule is COc1cc(/C=C2/SC(=Nc3ccc(C)cc3)NC2=O)cc(Br)c1OCc1cccc(C(=O)O)c1. The van der Waals surface area contributed by atoms with Crippen molar-refractivity contribution in [2.45, 2.75) is 13.5 Å². The molecule has 2 N–H and O–H groups in total. The zero-order chi connectivity index (χ0) is 24.9. The van der Waals surface area contributed by atoms with Crippen LogP contribution in [-0.2, 0) is 11.4 Å². The first-order chi connectivity index (χ1) is 16.8. The number of ether oxygens (including phenoxy) is 2. The fraction of sp³-hybridized carbons (Fsp3) is 0.115. The van der Waals surface area contributed by atoms with Gasteiger partial charge in [0.15, 0.2) is 16.7 Å². The van der Waals surface area contributed by atoms with E-state index < -0.39 is 5.97 Å². The molecule has 0 saturated carbocycles. The molecule has 1 heterocycles. The number of aromatic carboxylic acids is 1. The van der Waals surface area contributed by atoms with Gasteiger partial charge in [-0.1, -0.05) is 29.8 Å². The summed E-state index contributed by atoms with van der Waals surface area (Å²) in [4.78, 5) is 28.7. The van der Waals surface area contributed by atoms with Gasteiger partial charge >= 0.3 is 5.97 Å². The summed E-state index contributed by atoms with van der Waals surface area (Å²) in [6, 6.07) is 17.9. The lowest BCUT2D eigenvalue weighted by molar-refractivity contribution is -0.115. The number of benzene rings is 3. The fourth-order valence-corrected chi connectivity index (χ4v) is 4.70. The Bertz CT molecular complexity index is 1350. The Morgan fingerprint density at radius 2 is 1.94 bits per heavy atom. The van der Waals surface area contributed by atoms with Crippen molar-refractivity contribution < 1.29 is 24.2 Å². The molecule has 1 aliphatic heterocycles. The van der Waals surface area contributed by atoms with Gasteiger partial charge in [0, 0.05) is 0 Å². The number of hydrogen-bond acceptors (Lipinski definition) is 6. The standard InChI is InChI=1S/C26H21BrN2O5S/c1-15-6-8-19(9-7-15)28-26-29-24(30)22(35-26)13-17-11-20(27)23(21(12-17)33-2)34-14-16-4-3-5-18(10-16)25(31)32/h3-13H,14H2,1-2H3,(H,31,32)(H,28,29,30)/b22-13+. The Morgan fingerprint density at radius 3 is 2.66 bits per heavy atom. The summed E-state index contributed by atoms with van der Waals surface area (Å²) in [5.41, 5.74) is 3.54. The van der Waals surface area contributed by atoms with Crippen molar-refractivity contribution in [1.82, 2.24) is 5.32 Å². The van der Waals surface area contributed by atoms with Gasteiger partial charge in [-0.3, -0.25) is 4.79 Å². The van der Waals surface area contributed by atoms with Crippen molar-refractivity contribution in [3.8, 4) is 11.5 Å². The number of carbonyl (C=O) groups is 2. The fourth-order valence-electron chi connectivity index (χ4n) is 3.28. The number of rotatable bonds is 7. The first kappa shape index (κ1) is 24.6. The Labute approximate surface area is 215 Å². The van der Waals surface area contributed by atoms with Gasteiger partial charge in [0.05, 0.1) is 27.7 Å². The number of nitrogens with one attached hydrogen (secondary N) is 1. The van der Waals surface area contributed by atoms with Crippen molar-refractivity contribution in [2.75, 3.05) is 7.11 Å². The Balaban J connectivity index is 1.52. The first-order valence-electron chi connectivity index (χ1n) is 10.5. The first-order valence-corrected chi connectivity index (χ1v) is 12.1. The molecule has 1 aliphatic rings. The number of halogens is 1. The van der Waals surface area contributed by atoms with E-state index in [-0.39, 0.29) is 18.1 Å². The van der Waals surface area contributed by atoms with Gasteiger partial charge in [0.2, 0.25) is 0 Å². The van der Waals surface area contributed by atoms with E-state index in [9.17, 15) is 14.7 Å². The number of carboxylic acid groups (broad SMARTS) is 1. The molecule has 0 aromatic heterocycles. The summed E-state index contributed by atoms with van der Waals surface area (Å²) in [7, 11) is 1.53. The van der Waals surface area contributed by atoms with Crippen LogP contribution in [0.4, 0.5) is 5.69 Å². The number of carbonyl (C=O) groups excluding carboxylic acids is 1. The minimum atomic E-state index is -0.996.